The summed E-state index contributed by atoms with van der Waals surface area (Å²) in [5.74, 6) is 0. The Morgan fingerprint density at radius 3 is 2.05 bits per heavy atom. The molecule has 3 rings (SSSR count). The van der Waals surface area contributed by atoms with Gasteiger partial charge in [0.2, 0.25) is 0 Å². The van der Waals surface area contributed by atoms with Crippen LogP contribution in [0.5, 0.6) is 0 Å². The molecular formula is C10H8N2O6S2. The summed E-state index contributed by atoms with van der Waals surface area (Å²) < 4.78 is 63.3. The van der Waals surface area contributed by atoms with Crippen molar-refractivity contribution >= 4 is 42.0 Å². The summed E-state index contributed by atoms with van der Waals surface area (Å²) in [6, 6.07) is 4.66. The molecule has 20 heavy (non-hydrogen) atoms. The molecule has 0 saturated heterocycles. The van der Waals surface area contributed by atoms with Crippen LogP contribution in [0, 0.1) is 0 Å². The Hall–Kier alpha value is -1.88. The molecule has 10 heteroatoms. The van der Waals surface area contributed by atoms with Crippen LogP contribution >= 0.6 is 0 Å². The van der Waals surface area contributed by atoms with E-state index in [0.29, 0.717) is 16.4 Å². The highest BCUT2D eigenvalue weighted by Gasteiger charge is 2.20. The average molecular weight is 316 g/mol. The van der Waals surface area contributed by atoms with Gasteiger partial charge in [-0.15, -0.1) is 0 Å². The fourth-order valence-corrected chi connectivity index (χ4v) is 3.27. The molecule has 0 atom stereocenters. The molecule has 0 aliphatic carbocycles. The minimum atomic E-state index is -4.54. The molecular weight excluding hydrogens is 308 g/mol. The Labute approximate surface area is 112 Å². The Balaban J connectivity index is 2.53. The minimum Gasteiger partial charge on any atom is -0.299 e. The number of hydrogen-bond acceptors (Lipinski definition) is 4. The van der Waals surface area contributed by atoms with E-state index in [9.17, 15) is 21.4 Å². The predicted molar refractivity (Wildman–Crippen MR) is 69.8 cm³/mol. The summed E-state index contributed by atoms with van der Waals surface area (Å²) in [5, 5.41) is 5.78. The zero-order chi connectivity index (χ0) is 14.7. The Bertz CT molecular complexity index is 1040. The van der Waals surface area contributed by atoms with Gasteiger partial charge in [-0.25, -0.2) is 0 Å². The first-order valence-corrected chi connectivity index (χ1v) is 8.14. The second kappa shape index (κ2) is 3.82. The number of H-pyrrole nitrogens is 2. The van der Waals surface area contributed by atoms with E-state index in [-0.39, 0.29) is 5.39 Å². The molecule has 0 spiro atoms. The lowest BCUT2D eigenvalue weighted by molar-refractivity contribution is 0.480. The fraction of sp³-hybridized carbons (Fsp3) is 0. The molecule has 0 radical (unpaired) electrons. The smallest absolute Gasteiger partial charge is 0.295 e. The lowest BCUT2D eigenvalue weighted by atomic mass is 10.1. The van der Waals surface area contributed by atoms with Crippen molar-refractivity contribution in [1.82, 2.24) is 10.2 Å². The minimum absolute atomic E-state index is 0.00428. The summed E-state index contributed by atoms with van der Waals surface area (Å²) in [7, 11) is -9.02. The highest BCUT2D eigenvalue weighted by atomic mass is 32.2. The van der Waals surface area contributed by atoms with Crippen LogP contribution < -0.4 is 0 Å². The number of aromatic amines is 2. The van der Waals surface area contributed by atoms with Gasteiger partial charge in [0.1, 0.15) is 4.90 Å². The number of fused-ring (bicyclic) bond motifs is 3. The van der Waals surface area contributed by atoms with Gasteiger partial charge in [-0.2, -0.15) is 16.8 Å². The first kappa shape index (κ1) is 13.1. The van der Waals surface area contributed by atoms with Crippen LogP contribution in [0.15, 0.2) is 34.1 Å². The maximum Gasteiger partial charge on any atom is 0.295 e. The van der Waals surface area contributed by atoms with Crippen LogP contribution in [0.2, 0.25) is 0 Å². The molecule has 1 heterocycles. The highest BCUT2D eigenvalue weighted by Crippen LogP contribution is 2.31. The molecule has 0 aliphatic rings. The van der Waals surface area contributed by atoms with E-state index in [0.717, 1.165) is 12.1 Å². The van der Waals surface area contributed by atoms with Gasteiger partial charge in [0.15, 0.2) is 0 Å². The van der Waals surface area contributed by atoms with Crippen LogP contribution in [0.1, 0.15) is 0 Å². The lowest BCUT2D eigenvalue weighted by Crippen LogP contribution is -2.04. The standard InChI is InChI=1S/C10H8N2O6S2/c13-19(14,15)5-1-2-6-7(3-5)9(20(16,17)18)4-8-10(6)12-11-8/h1-4,11-12H,(H,13,14,15)(H,16,17,18). The SMILES string of the molecule is O=S(=O)(O)c1ccc2c(c1)c(S(=O)(=O)O)cc1[nH][nH]c12. The summed E-state index contributed by atoms with van der Waals surface area (Å²) in [6.07, 6.45) is 0. The molecule has 0 amide bonds. The third-order valence-electron chi connectivity index (χ3n) is 2.97. The molecule has 1 aromatic heterocycles. The van der Waals surface area contributed by atoms with Crippen molar-refractivity contribution in [2.75, 3.05) is 0 Å². The molecule has 8 nitrogen and oxygen atoms in total. The molecule has 2 aromatic carbocycles. The third kappa shape index (κ3) is 1.89. The van der Waals surface area contributed by atoms with E-state index in [1.54, 1.807) is 0 Å². The van der Waals surface area contributed by atoms with Gasteiger partial charge < -0.3 is 0 Å². The van der Waals surface area contributed by atoms with Crippen LogP contribution in [0.3, 0.4) is 0 Å². The van der Waals surface area contributed by atoms with Crippen molar-refractivity contribution in [3.63, 3.8) is 0 Å². The number of nitrogens with one attached hydrogen (secondary N) is 2. The van der Waals surface area contributed by atoms with E-state index in [1.807, 2.05) is 0 Å². The Morgan fingerprint density at radius 1 is 0.850 bits per heavy atom. The largest absolute Gasteiger partial charge is 0.299 e. The molecule has 0 aliphatic heterocycles. The molecule has 4 N–H and O–H groups in total. The number of hydrogen-bond donors (Lipinski definition) is 4. The maximum absolute atomic E-state index is 11.4. The second-order valence-electron chi connectivity index (χ2n) is 4.20. The van der Waals surface area contributed by atoms with Crippen molar-refractivity contribution < 1.29 is 25.9 Å². The van der Waals surface area contributed by atoms with Gasteiger partial charge in [-0.1, -0.05) is 6.07 Å². The predicted octanol–water partition coefficient (Wildman–Crippen LogP) is 1.14. The van der Waals surface area contributed by atoms with Crippen molar-refractivity contribution in [1.29, 1.82) is 0 Å². The van der Waals surface area contributed by atoms with Crippen LogP contribution in [-0.2, 0) is 20.2 Å². The molecule has 3 aromatic rings. The fourth-order valence-electron chi connectivity index (χ4n) is 2.05. The third-order valence-corrected chi connectivity index (χ3v) is 4.71. The number of aromatic nitrogens is 2. The lowest BCUT2D eigenvalue weighted by Gasteiger charge is -2.11. The van der Waals surface area contributed by atoms with E-state index < -0.39 is 30.0 Å². The highest BCUT2D eigenvalue weighted by molar-refractivity contribution is 7.86. The van der Waals surface area contributed by atoms with E-state index in [2.05, 4.69) is 10.2 Å². The second-order valence-corrected chi connectivity index (χ2v) is 7.02. The molecule has 106 valence electrons. The topological polar surface area (TPSA) is 140 Å². The van der Waals surface area contributed by atoms with Crippen molar-refractivity contribution in [2.45, 2.75) is 9.79 Å². The maximum atomic E-state index is 11.4. The quantitative estimate of drug-likeness (QED) is 0.523. The average Bonchev–Trinajstić information content (AvgIpc) is 2.25. The van der Waals surface area contributed by atoms with Gasteiger partial charge in [-0.3, -0.25) is 19.3 Å². The van der Waals surface area contributed by atoms with Gasteiger partial charge in [-0.05, 0) is 18.2 Å². The first-order valence-electron chi connectivity index (χ1n) is 5.26. The van der Waals surface area contributed by atoms with Crippen molar-refractivity contribution in [3.8, 4) is 0 Å². The van der Waals surface area contributed by atoms with Crippen LogP contribution in [0.25, 0.3) is 21.8 Å². The monoisotopic (exact) mass is 316 g/mol. The van der Waals surface area contributed by atoms with Crippen LogP contribution in [0.4, 0.5) is 0 Å². The zero-order valence-corrected chi connectivity index (χ0v) is 11.3. The molecule has 0 saturated carbocycles. The van der Waals surface area contributed by atoms with Gasteiger partial charge in [0.05, 0.1) is 15.9 Å². The van der Waals surface area contributed by atoms with Gasteiger partial charge in [0, 0.05) is 10.8 Å². The summed E-state index contributed by atoms with van der Waals surface area (Å²) in [6.45, 7) is 0. The van der Waals surface area contributed by atoms with Crippen molar-refractivity contribution in [2.24, 2.45) is 0 Å². The molecule has 0 bridgehead atoms. The van der Waals surface area contributed by atoms with E-state index in [4.69, 9.17) is 4.55 Å². The summed E-state index contributed by atoms with van der Waals surface area (Å²) >= 11 is 0. The van der Waals surface area contributed by atoms with Crippen molar-refractivity contribution in [3.05, 3.63) is 24.3 Å². The van der Waals surface area contributed by atoms with E-state index in [1.165, 1.54) is 12.1 Å². The normalized spacial score (nSPS) is 13.3. The summed E-state index contributed by atoms with van der Waals surface area (Å²) in [4.78, 5) is -0.895. The molecule has 0 unspecified atom stereocenters. The van der Waals surface area contributed by atoms with Crippen LogP contribution in [-0.4, -0.2) is 36.1 Å². The number of benzene rings is 2. The Morgan fingerprint density at radius 2 is 1.55 bits per heavy atom. The summed E-state index contributed by atoms with van der Waals surface area (Å²) in [5.41, 5.74) is 1.04. The van der Waals surface area contributed by atoms with Gasteiger partial charge >= 0.3 is 0 Å². The molecule has 0 fully saturated rings. The zero-order valence-electron chi connectivity index (χ0n) is 9.65. The Kier molecular flexibility index (Phi) is 2.51. The van der Waals surface area contributed by atoms with E-state index >= 15 is 0 Å². The van der Waals surface area contributed by atoms with Gasteiger partial charge in [0.25, 0.3) is 20.2 Å². The number of rotatable bonds is 2. The first-order chi connectivity index (χ1) is 9.18.